The summed E-state index contributed by atoms with van der Waals surface area (Å²) in [6, 6.07) is 12.4. The number of carbonyl (C=O) groups excluding carboxylic acids is 1. The number of nitrogens with one attached hydrogen (secondary N) is 1. The topological polar surface area (TPSA) is 61.4 Å². The molecule has 0 atom stereocenters. The molecule has 1 fully saturated rings. The normalized spacial score (nSPS) is 15.1. The first-order chi connectivity index (χ1) is 13.5. The van der Waals surface area contributed by atoms with Crippen LogP contribution in [-0.2, 0) is 6.42 Å². The summed E-state index contributed by atoms with van der Waals surface area (Å²) in [6.45, 7) is 5.12. The van der Waals surface area contributed by atoms with Crippen LogP contribution in [0.2, 0.25) is 0 Å². The van der Waals surface area contributed by atoms with Gasteiger partial charge in [0.2, 0.25) is 5.95 Å². The van der Waals surface area contributed by atoms with Gasteiger partial charge in [0.05, 0.1) is 0 Å². The Morgan fingerprint density at radius 3 is 2.57 bits per heavy atom. The quantitative estimate of drug-likeness (QED) is 0.799. The van der Waals surface area contributed by atoms with Gasteiger partial charge in [-0.2, -0.15) is 0 Å². The maximum Gasteiger partial charge on any atom is 0.272 e. The molecule has 0 saturated carbocycles. The summed E-state index contributed by atoms with van der Waals surface area (Å²) >= 11 is 0. The van der Waals surface area contributed by atoms with E-state index >= 15 is 0 Å². The molecule has 0 spiro atoms. The van der Waals surface area contributed by atoms with E-state index in [4.69, 9.17) is 0 Å². The lowest BCUT2D eigenvalue weighted by atomic mass is 9.90. The van der Waals surface area contributed by atoms with E-state index in [0.29, 0.717) is 17.6 Å². The summed E-state index contributed by atoms with van der Waals surface area (Å²) in [5.41, 5.74) is 2.68. The number of piperidine rings is 1. The molecule has 1 N–H and O–H groups in total. The standard InChI is InChI=1S/C22H31N5O/c1-17-15-20(25-22(24-17)23-11-14-26(2)3)21(28)27-12-9-19(10-13-27)16-18-7-5-4-6-8-18/h4-8,15,19H,9-14,16H2,1-3H3,(H,23,24,25). The second kappa shape index (κ2) is 9.64. The third-order valence-electron chi connectivity index (χ3n) is 5.18. The zero-order chi connectivity index (χ0) is 19.9. The van der Waals surface area contributed by atoms with Gasteiger partial charge in [0, 0.05) is 31.9 Å². The van der Waals surface area contributed by atoms with Crippen molar-refractivity contribution in [2.24, 2.45) is 5.92 Å². The molecule has 0 bridgehead atoms. The predicted molar refractivity (Wildman–Crippen MR) is 113 cm³/mol. The van der Waals surface area contributed by atoms with Crippen molar-refractivity contribution in [1.82, 2.24) is 19.8 Å². The molecule has 6 heteroatoms. The van der Waals surface area contributed by atoms with Gasteiger partial charge in [-0.05, 0) is 57.8 Å². The highest BCUT2D eigenvalue weighted by molar-refractivity contribution is 5.92. The molecule has 6 nitrogen and oxygen atoms in total. The number of benzene rings is 1. The minimum absolute atomic E-state index is 0.0133. The minimum Gasteiger partial charge on any atom is -0.353 e. The molecule has 1 aliphatic heterocycles. The Kier molecular flexibility index (Phi) is 6.98. The van der Waals surface area contributed by atoms with Gasteiger partial charge in [-0.1, -0.05) is 30.3 Å². The Labute approximate surface area is 168 Å². The first-order valence-corrected chi connectivity index (χ1v) is 10.1. The van der Waals surface area contributed by atoms with E-state index in [1.807, 2.05) is 25.9 Å². The summed E-state index contributed by atoms with van der Waals surface area (Å²) in [4.78, 5) is 25.8. The van der Waals surface area contributed by atoms with Crippen LogP contribution in [0.1, 0.15) is 34.6 Å². The Morgan fingerprint density at radius 2 is 1.89 bits per heavy atom. The maximum atomic E-state index is 13.0. The molecule has 2 heterocycles. The summed E-state index contributed by atoms with van der Waals surface area (Å²) in [5.74, 6) is 1.19. The molecule has 150 valence electrons. The largest absolute Gasteiger partial charge is 0.353 e. The van der Waals surface area contributed by atoms with Gasteiger partial charge < -0.3 is 15.1 Å². The molecule has 1 aromatic heterocycles. The predicted octanol–water partition coefficient (Wildman–Crippen LogP) is 2.85. The van der Waals surface area contributed by atoms with Crippen molar-refractivity contribution >= 4 is 11.9 Å². The van der Waals surface area contributed by atoms with E-state index in [9.17, 15) is 4.79 Å². The molecular formula is C22H31N5O. The molecule has 28 heavy (non-hydrogen) atoms. The van der Waals surface area contributed by atoms with Crippen molar-refractivity contribution in [3.63, 3.8) is 0 Å². The van der Waals surface area contributed by atoms with E-state index in [1.54, 1.807) is 6.07 Å². The van der Waals surface area contributed by atoms with Crippen LogP contribution < -0.4 is 5.32 Å². The van der Waals surface area contributed by atoms with Gasteiger partial charge in [-0.15, -0.1) is 0 Å². The van der Waals surface area contributed by atoms with Crippen LogP contribution >= 0.6 is 0 Å². The minimum atomic E-state index is 0.0133. The molecule has 2 aromatic rings. The van der Waals surface area contributed by atoms with E-state index in [-0.39, 0.29) is 5.91 Å². The zero-order valence-corrected chi connectivity index (χ0v) is 17.2. The van der Waals surface area contributed by atoms with Crippen LogP contribution in [0.5, 0.6) is 0 Å². The molecule has 0 aliphatic carbocycles. The highest BCUT2D eigenvalue weighted by Gasteiger charge is 2.25. The first-order valence-electron chi connectivity index (χ1n) is 10.1. The van der Waals surface area contributed by atoms with Crippen LogP contribution in [0.25, 0.3) is 0 Å². The third kappa shape index (κ3) is 5.76. The van der Waals surface area contributed by atoms with E-state index < -0.39 is 0 Å². The Morgan fingerprint density at radius 1 is 1.18 bits per heavy atom. The number of nitrogens with zero attached hydrogens (tertiary/aromatic N) is 4. The van der Waals surface area contributed by atoms with Gasteiger partial charge >= 0.3 is 0 Å². The molecule has 3 rings (SSSR count). The number of aromatic nitrogens is 2. The molecular weight excluding hydrogens is 350 g/mol. The first kappa shape index (κ1) is 20.3. The second-order valence-electron chi connectivity index (χ2n) is 7.87. The molecule has 0 radical (unpaired) electrons. The summed E-state index contributed by atoms with van der Waals surface area (Å²) in [7, 11) is 4.05. The van der Waals surface area contributed by atoms with Crippen molar-refractivity contribution in [3.05, 3.63) is 53.3 Å². The highest BCUT2D eigenvalue weighted by atomic mass is 16.2. The third-order valence-corrected chi connectivity index (χ3v) is 5.18. The van der Waals surface area contributed by atoms with Crippen molar-refractivity contribution in [2.75, 3.05) is 45.6 Å². The highest BCUT2D eigenvalue weighted by Crippen LogP contribution is 2.23. The lowest BCUT2D eigenvalue weighted by Crippen LogP contribution is -2.39. The van der Waals surface area contributed by atoms with Crippen molar-refractivity contribution < 1.29 is 4.79 Å². The van der Waals surface area contributed by atoms with Gasteiger partial charge in [0.25, 0.3) is 5.91 Å². The maximum absolute atomic E-state index is 13.0. The number of rotatable bonds is 7. The lowest BCUT2D eigenvalue weighted by Gasteiger charge is -2.32. The number of likely N-dealkylation sites (tertiary alicyclic amines) is 1. The number of carbonyl (C=O) groups is 1. The number of aryl methyl sites for hydroxylation is 1. The zero-order valence-electron chi connectivity index (χ0n) is 17.2. The van der Waals surface area contributed by atoms with Crippen molar-refractivity contribution in [1.29, 1.82) is 0 Å². The Bertz CT molecular complexity index is 770. The fourth-order valence-electron chi connectivity index (χ4n) is 3.60. The molecule has 1 saturated heterocycles. The summed E-state index contributed by atoms with van der Waals surface area (Å²) in [5, 5.41) is 3.21. The van der Waals surface area contributed by atoms with E-state index in [2.05, 4.69) is 50.5 Å². The van der Waals surface area contributed by atoms with Crippen molar-refractivity contribution in [3.8, 4) is 0 Å². The van der Waals surface area contributed by atoms with E-state index in [1.165, 1.54) is 5.56 Å². The average molecular weight is 382 g/mol. The fourth-order valence-corrected chi connectivity index (χ4v) is 3.60. The lowest BCUT2D eigenvalue weighted by molar-refractivity contribution is 0.0684. The Hall–Kier alpha value is -2.47. The summed E-state index contributed by atoms with van der Waals surface area (Å²) in [6.07, 6.45) is 3.17. The van der Waals surface area contributed by atoms with E-state index in [0.717, 1.165) is 51.1 Å². The van der Waals surface area contributed by atoms with Crippen LogP contribution in [0.4, 0.5) is 5.95 Å². The molecule has 0 unspecified atom stereocenters. The summed E-state index contributed by atoms with van der Waals surface area (Å²) < 4.78 is 0. The van der Waals surface area contributed by atoms with Gasteiger partial charge in [-0.3, -0.25) is 4.79 Å². The van der Waals surface area contributed by atoms with Gasteiger partial charge in [0.1, 0.15) is 5.69 Å². The smallest absolute Gasteiger partial charge is 0.272 e. The molecule has 1 amide bonds. The monoisotopic (exact) mass is 381 g/mol. The van der Waals surface area contributed by atoms with Crippen LogP contribution in [-0.4, -0.2) is 65.9 Å². The molecule has 1 aliphatic rings. The molecule has 1 aromatic carbocycles. The SMILES string of the molecule is Cc1cc(C(=O)N2CCC(Cc3ccccc3)CC2)nc(NCCN(C)C)n1. The number of likely N-dealkylation sites (N-methyl/N-ethyl adjacent to an activating group) is 1. The van der Waals surface area contributed by atoms with Gasteiger partial charge in [-0.25, -0.2) is 9.97 Å². The number of hydrogen-bond donors (Lipinski definition) is 1. The van der Waals surface area contributed by atoms with Crippen LogP contribution in [0.15, 0.2) is 36.4 Å². The number of anilines is 1. The van der Waals surface area contributed by atoms with Crippen LogP contribution in [0.3, 0.4) is 0 Å². The number of hydrogen-bond acceptors (Lipinski definition) is 5. The second-order valence-corrected chi connectivity index (χ2v) is 7.87. The van der Waals surface area contributed by atoms with Gasteiger partial charge in [0.15, 0.2) is 0 Å². The van der Waals surface area contributed by atoms with Crippen molar-refractivity contribution in [2.45, 2.75) is 26.2 Å². The van der Waals surface area contributed by atoms with Crippen LogP contribution in [0, 0.1) is 12.8 Å². The average Bonchev–Trinajstić information content (AvgIpc) is 2.68. The fraction of sp³-hybridized carbons (Fsp3) is 0.500. The Balaban J connectivity index is 1.56. The number of amides is 1.